The molecule has 1 atom stereocenters. The fraction of sp³-hybridized carbons (Fsp3) is 0.355. The number of nitrogens with zero attached hydrogens (tertiary/aromatic N) is 2. The van der Waals surface area contributed by atoms with Gasteiger partial charge in [-0.2, -0.15) is 0 Å². The van der Waals surface area contributed by atoms with Crippen LogP contribution in [0.3, 0.4) is 0 Å². The number of nitrogens with one attached hydrogen (secondary N) is 1. The van der Waals surface area contributed by atoms with Gasteiger partial charge in [-0.3, -0.25) is 13.9 Å². The van der Waals surface area contributed by atoms with Gasteiger partial charge in [0.1, 0.15) is 18.3 Å². The zero-order valence-electron chi connectivity index (χ0n) is 24.0. The number of hydrogen-bond acceptors (Lipinski definition) is 5. The van der Waals surface area contributed by atoms with Crippen LogP contribution < -0.4 is 14.4 Å². The molecule has 0 aromatic heterocycles. The van der Waals surface area contributed by atoms with Crippen molar-refractivity contribution in [1.82, 2.24) is 10.2 Å². The smallest absolute Gasteiger partial charge is 0.244 e. The minimum Gasteiger partial charge on any atom is -0.495 e. The molecule has 220 valence electrons. The third kappa shape index (κ3) is 9.23. The minimum atomic E-state index is -3.95. The van der Waals surface area contributed by atoms with Crippen LogP contribution in [0.2, 0.25) is 5.02 Å². The first-order valence-corrected chi connectivity index (χ1v) is 15.7. The highest BCUT2D eigenvalue weighted by molar-refractivity contribution is 7.92. The van der Waals surface area contributed by atoms with Gasteiger partial charge >= 0.3 is 0 Å². The Morgan fingerprint density at radius 3 is 2.34 bits per heavy atom. The van der Waals surface area contributed by atoms with Crippen molar-refractivity contribution in [1.29, 1.82) is 0 Å². The molecule has 3 aromatic carbocycles. The number of rotatable bonds is 14. The second kappa shape index (κ2) is 14.9. The number of ether oxygens (including phenoxy) is 1. The molecule has 8 nitrogen and oxygen atoms in total. The van der Waals surface area contributed by atoms with Crippen LogP contribution >= 0.6 is 11.6 Å². The molecule has 41 heavy (non-hydrogen) atoms. The number of aryl methyl sites for hydroxylation is 1. The van der Waals surface area contributed by atoms with Gasteiger partial charge in [-0.1, -0.05) is 85.1 Å². The highest BCUT2D eigenvalue weighted by atomic mass is 35.5. The van der Waals surface area contributed by atoms with E-state index < -0.39 is 28.5 Å². The Hall–Kier alpha value is -3.56. The minimum absolute atomic E-state index is 0.115. The van der Waals surface area contributed by atoms with Crippen molar-refractivity contribution in [3.8, 4) is 5.75 Å². The van der Waals surface area contributed by atoms with Gasteiger partial charge < -0.3 is 15.0 Å². The van der Waals surface area contributed by atoms with Crippen molar-refractivity contribution >= 4 is 39.1 Å². The number of amides is 2. The lowest BCUT2D eigenvalue weighted by Gasteiger charge is -2.34. The summed E-state index contributed by atoms with van der Waals surface area (Å²) in [6.07, 6.45) is 2.98. The lowest BCUT2D eigenvalue weighted by atomic mass is 10.0. The summed E-state index contributed by atoms with van der Waals surface area (Å²) < 4.78 is 32.4. The summed E-state index contributed by atoms with van der Waals surface area (Å²) in [7, 11) is -2.54. The fourth-order valence-electron chi connectivity index (χ4n) is 4.52. The summed E-state index contributed by atoms with van der Waals surface area (Å²) in [6, 6.07) is 20.8. The van der Waals surface area contributed by atoms with Crippen LogP contribution in [0.15, 0.2) is 72.8 Å². The fourth-order valence-corrected chi connectivity index (χ4v) is 5.53. The Morgan fingerprint density at radius 1 is 1.00 bits per heavy atom. The normalized spacial score (nSPS) is 11.9. The van der Waals surface area contributed by atoms with Gasteiger partial charge in [0.15, 0.2) is 0 Å². The Kier molecular flexibility index (Phi) is 11.6. The Bertz CT molecular complexity index is 1430. The molecule has 10 heteroatoms. The molecule has 0 aliphatic carbocycles. The molecule has 2 amide bonds. The van der Waals surface area contributed by atoms with Crippen LogP contribution in [0.5, 0.6) is 5.75 Å². The summed E-state index contributed by atoms with van der Waals surface area (Å²) in [5, 5.41) is 3.26. The molecule has 0 fully saturated rings. The van der Waals surface area contributed by atoms with Crippen LogP contribution in [0.25, 0.3) is 0 Å². The number of methoxy groups -OCH3 is 1. The largest absolute Gasteiger partial charge is 0.495 e. The van der Waals surface area contributed by atoms with E-state index in [1.807, 2.05) is 68.4 Å². The van der Waals surface area contributed by atoms with Crippen molar-refractivity contribution in [3.63, 3.8) is 0 Å². The van der Waals surface area contributed by atoms with Crippen molar-refractivity contribution in [3.05, 3.63) is 94.5 Å². The first-order valence-electron chi connectivity index (χ1n) is 13.5. The molecular weight excluding hydrogens is 562 g/mol. The molecule has 0 aliphatic heterocycles. The Balaban J connectivity index is 2.08. The van der Waals surface area contributed by atoms with E-state index in [1.165, 1.54) is 18.1 Å². The third-order valence-electron chi connectivity index (χ3n) is 6.62. The quantitative estimate of drug-likeness (QED) is 0.264. The molecule has 0 heterocycles. The topological polar surface area (TPSA) is 96.0 Å². The standard InChI is InChI=1S/C31H38ClN3O5S/c1-5-6-17-33-31(37)28(19-24-12-8-7-9-13-24)34(21-25-14-10-11-23(2)18-25)30(36)22-35(41(4,38)39)27-20-26(32)15-16-29(27)40-3/h7-16,18,20,28H,5-6,17,19,21-22H2,1-4H3,(H,33,37)/t28-/m0/s1. The number of sulfonamides is 1. The molecule has 3 aromatic rings. The van der Waals surface area contributed by atoms with Crippen LogP contribution in [-0.4, -0.2) is 57.6 Å². The van der Waals surface area contributed by atoms with Gasteiger partial charge in [0.2, 0.25) is 21.8 Å². The van der Waals surface area contributed by atoms with Crippen molar-refractivity contribution in [2.24, 2.45) is 0 Å². The summed E-state index contributed by atoms with van der Waals surface area (Å²) in [6.45, 7) is 4.02. The van der Waals surface area contributed by atoms with Crippen molar-refractivity contribution in [2.45, 2.75) is 45.7 Å². The van der Waals surface area contributed by atoms with Crippen LogP contribution in [0, 0.1) is 6.92 Å². The molecule has 0 bridgehead atoms. The average Bonchev–Trinajstić information content (AvgIpc) is 2.93. The van der Waals surface area contributed by atoms with E-state index in [0.29, 0.717) is 6.54 Å². The predicted octanol–water partition coefficient (Wildman–Crippen LogP) is 4.98. The molecule has 0 unspecified atom stereocenters. The summed E-state index contributed by atoms with van der Waals surface area (Å²) in [5.41, 5.74) is 2.84. The summed E-state index contributed by atoms with van der Waals surface area (Å²) in [5.74, 6) is -0.587. The van der Waals surface area contributed by atoms with E-state index in [-0.39, 0.29) is 35.3 Å². The van der Waals surface area contributed by atoms with Crippen LogP contribution in [0.4, 0.5) is 5.69 Å². The number of hydrogen-bond donors (Lipinski definition) is 1. The van der Waals surface area contributed by atoms with E-state index in [1.54, 1.807) is 12.1 Å². The van der Waals surface area contributed by atoms with Gasteiger partial charge in [0, 0.05) is 24.5 Å². The monoisotopic (exact) mass is 599 g/mol. The van der Waals surface area contributed by atoms with E-state index in [2.05, 4.69) is 5.32 Å². The zero-order valence-corrected chi connectivity index (χ0v) is 25.5. The molecule has 3 rings (SSSR count). The number of carbonyl (C=O) groups is 2. The Morgan fingerprint density at radius 2 is 1.71 bits per heavy atom. The van der Waals surface area contributed by atoms with Gasteiger partial charge in [-0.25, -0.2) is 8.42 Å². The lowest BCUT2D eigenvalue weighted by molar-refractivity contribution is -0.140. The van der Waals surface area contributed by atoms with Crippen molar-refractivity contribution in [2.75, 3.05) is 30.8 Å². The molecule has 0 spiro atoms. The first-order chi connectivity index (χ1) is 19.5. The van der Waals surface area contributed by atoms with E-state index in [9.17, 15) is 18.0 Å². The SMILES string of the molecule is CCCCNC(=O)[C@H](Cc1ccccc1)N(Cc1cccc(C)c1)C(=O)CN(c1cc(Cl)ccc1OC)S(C)(=O)=O. The van der Waals surface area contributed by atoms with Crippen LogP contribution in [-0.2, 0) is 32.6 Å². The first kappa shape index (κ1) is 32.0. The lowest BCUT2D eigenvalue weighted by Crippen LogP contribution is -2.53. The van der Waals surface area contributed by atoms with Crippen LogP contribution in [0.1, 0.15) is 36.5 Å². The van der Waals surface area contributed by atoms with Gasteiger partial charge in [-0.05, 0) is 42.7 Å². The summed E-state index contributed by atoms with van der Waals surface area (Å²) >= 11 is 6.21. The molecule has 0 saturated heterocycles. The maximum Gasteiger partial charge on any atom is 0.244 e. The predicted molar refractivity (Wildman–Crippen MR) is 164 cm³/mol. The number of benzene rings is 3. The van der Waals surface area contributed by atoms with E-state index in [4.69, 9.17) is 16.3 Å². The molecular formula is C31H38ClN3O5S. The van der Waals surface area contributed by atoms with E-state index in [0.717, 1.165) is 40.1 Å². The zero-order chi connectivity index (χ0) is 30.0. The number of carbonyl (C=O) groups excluding carboxylic acids is 2. The molecule has 1 N–H and O–H groups in total. The van der Waals surface area contributed by atoms with Gasteiger partial charge in [0.25, 0.3) is 0 Å². The molecule has 0 saturated carbocycles. The highest BCUT2D eigenvalue weighted by Crippen LogP contribution is 2.33. The number of unbranched alkanes of at least 4 members (excludes halogenated alkanes) is 1. The Labute approximate surface area is 248 Å². The summed E-state index contributed by atoms with van der Waals surface area (Å²) in [4.78, 5) is 29.3. The number of halogens is 1. The van der Waals surface area contributed by atoms with Gasteiger partial charge in [-0.15, -0.1) is 0 Å². The molecule has 0 aliphatic rings. The molecule has 0 radical (unpaired) electrons. The second-order valence-corrected chi connectivity index (χ2v) is 12.3. The number of anilines is 1. The maximum atomic E-state index is 14.2. The highest BCUT2D eigenvalue weighted by Gasteiger charge is 2.33. The average molecular weight is 600 g/mol. The van der Waals surface area contributed by atoms with Crippen molar-refractivity contribution < 1.29 is 22.7 Å². The van der Waals surface area contributed by atoms with E-state index >= 15 is 0 Å². The third-order valence-corrected chi connectivity index (χ3v) is 7.99. The van der Waals surface area contributed by atoms with Gasteiger partial charge in [0.05, 0.1) is 19.1 Å². The second-order valence-electron chi connectivity index (χ2n) is 9.95. The maximum absolute atomic E-state index is 14.2.